The van der Waals surface area contributed by atoms with E-state index in [0.29, 0.717) is 6.54 Å². The van der Waals surface area contributed by atoms with Crippen molar-refractivity contribution >= 4 is 0 Å². The van der Waals surface area contributed by atoms with Crippen LogP contribution < -0.4 is 5.32 Å². The summed E-state index contributed by atoms with van der Waals surface area (Å²) >= 11 is 0. The summed E-state index contributed by atoms with van der Waals surface area (Å²) < 4.78 is 4.89. The van der Waals surface area contributed by atoms with Crippen LogP contribution >= 0.6 is 0 Å². The van der Waals surface area contributed by atoms with Gasteiger partial charge in [0.25, 0.3) is 0 Å². The minimum atomic E-state index is -0.830. The molecular weight excluding hydrogens is 154 g/mol. The zero-order valence-electron chi connectivity index (χ0n) is 7.50. The van der Waals surface area contributed by atoms with E-state index in [-0.39, 0.29) is 0 Å². The van der Waals surface area contributed by atoms with Crippen LogP contribution in [-0.2, 0) is 5.60 Å². The van der Waals surface area contributed by atoms with Gasteiger partial charge in [-0.25, -0.2) is 0 Å². The molecule has 1 aromatic rings. The Morgan fingerprint density at radius 1 is 1.67 bits per heavy atom. The molecule has 0 aliphatic carbocycles. The van der Waals surface area contributed by atoms with Gasteiger partial charge in [0, 0.05) is 12.1 Å². The monoisotopic (exact) mass is 169 g/mol. The quantitative estimate of drug-likeness (QED) is 0.709. The average molecular weight is 169 g/mol. The molecule has 1 atom stereocenters. The minimum absolute atomic E-state index is 0.545. The Hall–Kier alpha value is -0.800. The van der Waals surface area contributed by atoms with Crippen molar-refractivity contribution in [2.75, 3.05) is 13.1 Å². The van der Waals surface area contributed by atoms with E-state index >= 15 is 0 Å². The van der Waals surface area contributed by atoms with Crippen LogP contribution in [0.25, 0.3) is 0 Å². The predicted molar refractivity (Wildman–Crippen MR) is 46.8 cm³/mol. The minimum Gasteiger partial charge on any atom is -0.472 e. The maximum atomic E-state index is 9.88. The first-order valence-corrected chi connectivity index (χ1v) is 4.12. The Bertz CT molecular complexity index is 216. The summed E-state index contributed by atoms with van der Waals surface area (Å²) in [5, 5.41) is 13.0. The van der Waals surface area contributed by atoms with Gasteiger partial charge in [-0.1, -0.05) is 6.92 Å². The van der Waals surface area contributed by atoms with Gasteiger partial charge in [-0.15, -0.1) is 0 Å². The van der Waals surface area contributed by atoms with Crippen LogP contribution in [0.4, 0.5) is 0 Å². The maximum absolute atomic E-state index is 9.88. The fraction of sp³-hybridized carbons (Fsp3) is 0.556. The van der Waals surface area contributed by atoms with Gasteiger partial charge in [-0.05, 0) is 19.5 Å². The fourth-order valence-corrected chi connectivity index (χ4v) is 1.04. The van der Waals surface area contributed by atoms with E-state index in [1.807, 2.05) is 6.92 Å². The summed E-state index contributed by atoms with van der Waals surface area (Å²) in [6, 6.07) is 1.78. The van der Waals surface area contributed by atoms with Crippen molar-refractivity contribution < 1.29 is 9.52 Å². The molecule has 3 nitrogen and oxygen atoms in total. The van der Waals surface area contributed by atoms with Crippen molar-refractivity contribution in [1.29, 1.82) is 0 Å². The van der Waals surface area contributed by atoms with E-state index in [1.165, 1.54) is 0 Å². The first kappa shape index (κ1) is 9.29. The molecule has 0 radical (unpaired) electrons. The zero-order valence-corrected chi connectivity index (χ0v) is 7.50. The van der Waals surface area contributed by atoms with Crippen molar-refractivity contribution in [3.8, 4) is 0 Å². The Kier molecular flexibility index (Phi) is 2.89. The van der Waals surface area contributed by atoms with Crippen LogP contribution in [0.3, 0.4) is 0 Å². The lowest BCUT2D eigenvalue weighted by atomic mass is 9.99. The second kappa shape index (κ2) is 3.74. The molecule has 1 aromatic heterocycles. The molecule has 12 heavy (non-hydrogen) atoms. The SMILES string of the molecule is CCNCC(C)(O)c1ccoc1. The average Bonchev–Trinajstić information content (AvgIpc) is 2.53. The summed E-state index contributed by atoms with van der Waals surface area (Å²) in [5.41, 5.74) is -0.0216. The summed E-state index contributed by atoms with van der Waals surface area (Å²) in [6.07, 6.45) is 3.13. The summed E-state index contributed by atoms with van der Waals surface area (Å²) in [4.78, 5) is 0. The number of likely N-dealkylation sites (N-methyl/N-ethyl adjacent to an activating group) is 1. The predicted octanol–water partition coefficient (Wildman–Crippen LogP) is 1.10. The van der Waals surface area contributed by atoms with E-state index in [9.17, 15) is 5.11 Å². The molecule has 0 aromatic carbocycles. The molecule has 0 saturated carbocycles. The highest BCUT2D eigenvalue weighted by Gasteiger charge is 2.22. The summed E-state index contributed by atoms with van der Waals surface area (Å²) in [5.74, 6) is 0. The molecule has 0 aliphatic heterocycles. The van der Waals surface area contributed by atoms with E-state index in [2.05, 4.69) is 5.32 Å². The molecule has 0 amide bonds. The standard InChI is InChI=1S/C9H15NO2/c1-3-10-7-9(2,11)8-4-5-12-6-8/h4-6,10-11H,3,7H2,1-2H3. The molecule has 68 valence electrons. The van der Waals surface area contributed by atoms with Gasteiger partial charge in [-0.2, -0.15) is 0 Å². The largest absolute Gasteiger partial charge is 0.472 e. The first-order valence-electron chi connectivity index (χ1n) is 4.12. The molecule has 0 aliphatic rings. The molecule has 1 rings (SSSR count). The smallest absolute Gasteiger partial charge is 0.102 e. The van der Waals surface area contributed by atoms with E-state index < -0.39 is 5.60 Å². The van der Waals surface area contributed by atoms with Crippen LogP contribution in [0.1, 0.15) is 19.4 Å². The van der Waals surface area contributed by atoms with Gasteiger partial charge < -0.3 is 14.8 Å². The molecular formula is C9H15NO2. The van der Waals surface area contributed by atoms with Gasteiger partial charge in [0.15, 0.2) is 0 Å². The highest BCUT2D eigenvalue weighted by Crippen LogP contribution is 2.19. The molecule has 1 heterocycles. The van der Waals surface area contributed by atoms with E-state index in [1.54, 1.807) is 25.5 Å². The number of furan rings is 1. The normalized spacial score (nSPS) is 15.9. The third-order valence-electron chi connectivity index (χ3n) is 1.86. The number of rotatable bonds is 4. The Labute approximate surface area is 72.4 Å². The number of hydrogen-bond acceptors (Lipinski definition) is 3. The van der Waals surface area contributed by atoms with Crippen molar-refractivity contribution in [2.45, 2.75) is 19.4 Å². The van der Waals surface area contributed by atoms with Crippen LogP contribution in [-0.4, -0.2) is 18.2 Å². The second-order valence-corrected chi connectivity index (χ2v) is 3.07. The van der Waals surface area contributed by atoms with Gasteiger partial charge in [0.2, 0.25) is 0 Å². The Balaban J connectivity index is 2.59. The molecule has 3 heteroatoms. The lowest BCUT2D eigenvalue weighted by Crippen LogP contribution is -2.34. The highest BCUT2D eigenvalue weighted by molar-refractivity contribution is 5.15. The number of hydrogen-bond donors (Lipinski definition) is 2. The topological polar surface area (TPSA) is 45.4 Å². The molecule has 2 N–H and O–H groups in total. The Morgan fingerprint density at radius 2 is 2.42 bits per heavy atom. The lowest BCUT2D eigenvalue weighted by molar-refractivity contribution is 0.0570. The molecule has 0 spiro atoms. The molecule has 0 fully saturated rings. The molecule has 1 unspecified atom stereocenters. The van der Waals surface area contributed by atoms with E-state index in [4.69, 9.17) is 4.42 Å². The Morgan fingerprint density at radius 3 is 2.92 bits per heavy atom. The van der Waals surface area contributed by atoms with Crippen LogP contribution in [0.5, 0.6) is 0 Å². The third-order valence-corrected chi connectivity index (χ3v) is 1.86. The van der Waals surface area contributed by atoms with Gasteiger partial charge in [-0.3, -0.25) is 0 Å². The van der Waals surface area contributed by atoms with Crippen molar-refractivity contribution in [3.63, 3.8) is 0 Å². The summed E-state index contributed by atoms with van der Waals surface area (Å²) in [6.45, 7) is 5.17. The first-order chi connectivity index (χ1) is 5.67. The van der Waals surface area contributed by atoms with Crippen molar-refractivity contribution in [3.05, 3.63) is 24.2 Å². The number of nitrogens with one attached hydrogen (secondary N) is 1. The number of aliphatic hydroxyl groups is 1. The maximum Gasteiger partial charge on any atom is 0.102 e. The molecule has 0 bridgehead atoms. The van der Waals surface area contributed by atoms with Gasteiger partial charge in [0.05, 0.1) is 12.5 Å². The summed E-state index contributed by atoms with van der Waals surface area (Å²) in [7, 11) is 0. The van der Waals surface area contributed by atoms with Crippen LogP contribution in [0, 0.1) is 0 Å². The second-order valence-electron chi connectivity index (χ2n) is 3.07. The van der Waals surface area contributed by atoms with Crippen LogP contribution in [0.2, 0.25) is 0 Å². The van der Waals surface area contributed by atoms with Crippen LogP contribution in [0.15, 0.2) is 23.0 Å². The van der Waals surface area contributed by atoms with Gasteiger partial charge >= 0.3 is 0 Å². The third kappa shape index (κ3) is 2.09. The fourth-order valence-electron chi connectivity index (χ4n) is 1.04. The van der Waals surface area contributed by atoms with Gasteiger partial charge in [0.1, 0.15) is 5.60 Å². The molecule has 0 saturated heterocycles. The zero-order chi connectivity index (χ0) is 9.03. The van der Waals surface area contributed by atoms with Crippen molar-refractivity contribution in [2.24, 2.45) is 0 Å². The van der Waals surface area contributed by atoms with E-state index in [0.717, 1.165) is 12.1 Å². The lowest BCUT2D eigenvalue weighted by Gasteiger charge is -2.21. The van der Waals surface area contributed by atoms with Crippen molar-refractivity contribution in [1.82, 2.24) is 5.32 Å². The highest BCUT2D eigenvalue weighted by atomic mass is 16.3.